The van der Waals surface area contributed by atoms with Crippen molar-refractivity contribution in [3.63, 3.8) is 0 Å². The maximum Gasteiger partial charge on any atom is 0.293 e. The van der Waals surface area contributed by atoms with E-state index in [0.717, 1.165) is 27.8 Å². The fourth-order valence-electron chi connectivity index (χ4n) is 2.87. The summed E-state index contributed by atoms with van der Waals surface area (Å²) in [5.41, 5.74) is 1.62. The summed E-state index contributed by atoms with van der Waals surface area (Å²) >= 11 is 0.899. The van der Waals surface area contributed by atoms with E-state index in [2.05, 4.69) is 5.32 Å². The molecule has 0 spiro atoms. The zero-order valence-electron chi connectivity index (χ0n) is 17.2. The molecule has 3 rings (SSSR count). The standard InChI is InChI=1S/C23H22N2O5S/c1-29-18-10-8-17(14-19(18)30-2)9-11-21(26)24-12-13-25-22(27)20(31-23(25)28)15-16-6-4-3-5-7-16/h3-11,14-15H,12-13H2,1-2H3,(H,24,26)/b11-9+,20-15+. The normalized spacial score (nSPS) is 15.0. The summed E-state index contributed by atoms with van der Waals surface area (Å²) in [5, 5.41) is 2.33. The van der Waals surface area contributed by atoms with Crippen molar-refractivity contribution in [3.05, 3.63) is 70.6 Å². The second kappa shape index (κ2) is 10.5. The summed E-state index contributed by atoms with van der Waals surface area (Å²) in [6.45, 7) is 0.262. The lowest BCUT2D eigenvalue weighted by molar-refractivity contribution is -0.123. The Morgan fingerprint density at radius 1 is 1.03 bits per heavy atom. The number of carbonyl (C=O) groups is 3. The second-order valence-electron chi connectivity index (χ2n) is 6.48. The van der Waals surface area contributed by atoms with E-state index in [9.17, 15) is 14.4 Å². The van der Waals surface area contributed by atoms with Gasteiger partial charge in [0.1, 0.15) is 0 Å². The number of thioether (sulfide) groups is 1. The van der Waals surface area contributed by atoms with Gasteiger partial charge in [-0.2, -0.15) is 0 Å². The smallest absolute Gasteiger partial charge is 0.293 e. The molecule has 7 nitrogen and oxygen atoms in total. The van der Waals surface area contributed by atoms with Crippen molar-refractivity contribution >= 4 is 41.0 Å². The molecular weight excluding hydrogens is 416 g/mol. The van der Waals surface area contributed by atoms with Crippen molar-refractivity contribution in [1.82, 2.24) is 10.2 Å². The maximum atomic E-state index is 12.5. The van der Waals surface area contributed by atoms with Gasteiger partial charge in [0, 0.05) is 19.2 Å². The molecule has 1 N–H and O–H groups in total. The Bertz CT molecular complexity index is 1030. The molecule has 0 saturated carbocycles. The topological polar surface area (TPSA) is 84.9 Å². The van der Waals surface area contributed by atoms with Crippen LogP contribution in [-0.4, -0.2) is 49.3 Å². The first-order valence-corrected chi connectivity index (χ1v) is 10.3. The van der Waals surface area contributed by atoms with Gasteiger partial charge in [0.15, 0.2) is 11.5 Å². The Hall–Kier alpha value is -3.52. The molecular formula is C23H22N2O5S. The van der Waals surface area contributed by atoms with Crippen molar-refractivity contribution in [2.75, 3.05) is 27.3 Å². The predicted molar refractivity (Wildman–Crippen MR) is 121 cm³/mol. The number of carbonyl (C=O) groups excluding carboxylic acids is 3. The zero-order valence-corrected chi connectivity index (χ0v) is 18.0. The van der Waals surface area contributed by atoms with Crippen LogP contribution in [0.1, 0.15) is 11.1 Å². The molecule has 0 aromatic heterocycles. The van der Waals surface area contributed by atoms with Crippen LogP contribution < -0.4 is 14.8 Å². The van der Waals surface area contributed by atoms with Gasteiger partial charge in [-0.3, -0.25) is 19.3 Å². The Morgan fingerprint density at radius 3 is 2.48 bits per heavy atom. The van der Waals surface area contributed by atoms with E-state index in [1.165, 1.54) is 13.2 Å². The average Bonchev–Trinajstić information content (AvgIpc) is 3.05. The molecule has 160 valence electrons. The molecule has 2 aromatic rings. The predicted octanol–water partition coefficient (Wildman–Crippen LogP) is 3.57. The number of methoxy groups -OCH3 is 2. The van der Waals surface area contributed by atoms with Gasteiger partial charge in [0.2, 0.25) is 5.91 Å². The first-order chi connectivity index (χ1) is 15.0. The number of benzene rings is 2. The largest absolute Gasteiger partial charge is 0.493 e. The molecule has 1 aliphatic heterocycles. The highest BCUT2D eigenvalue weighted by Crippen LogP contribution is 2.32. The van der Waals surface area contributed by atoms with E-state index < -0.39 is 0 Å². The average molecular weight is 439 g/mol. The van der Waals surface area contributed by atoms with Crippen LogP contribution in [0.25, 0.3) is 12.2 Å². The summed E-state index contributed by atoms with van der Waals surface area (Å²) in [6.07, 6.45) is 4.71. The number of rotatable bonds is 8. The lowest BCUT2D eigenvalue weighted by Gasteiger charge is -2.12. The lowest BCUT2D eigenvalue weighted by atomic mass is 10.2. The fourth-order valence-corrected chi connectivity index (χ4v) is 3.74. The van der Waals surface area contributed by atoms with E-state index in [-0.39, 0.29) is 30.1 Å². The molecule has 0 radical (unpaired) electrons. The highest BCUT2D eigenvalue weighted by molar-refractivity contribution is 8.18. The third kappa shape index (κ3) is 5.76. The Balaban J connectivity index is 1.52. The van der Waals surface area contributed by atoms with Gasteiger partial charge in [-0.15, -0.1) is 0 Å². The highest BCUT2D eigenvalue weighted by atomic mass is 32.2. The van der Waals surface area contributed by atoms with Gasteiger partial charge in [0.05, 0.1) is 19.1 Å². The zero-order chi connectivity index (χ0) is 22.2. The molecule has 8 heteroatoms. The lowest BCUT2D eigenvalue weighted by Crippen LogP contribution is -2.36. The molecule has 2 aromatic carbocycles. The molecule has 1 aliphatic rings. The maximum absolute atomic E-state index is 12.5. The number of nitrogens with zero attached hydrogens (tertiary/aromatic N) is 1. The molecule has 0 atom stereocenters. The molecule has 0 unspecified atom stereocenters. The van der Waals surface area contributed by atoms with Crippen LogP contribution in [0.15, 0.2) is 59.5 Å². The summed E-state index contributed by atoms with van der Waals surface area (Å²) in [6, 6.07) is 14.6. The molecule has 31 heavy (non-hydrogen) atoms. The van der Waals surface area contributed by atoms with Crippen molar-refractivity contribution in [3.8, 4) is 11.5 Å². The number of imide groups is 1. The molecule has 1 heterocycles. The van der Waals surface area contributed by atoms with E-state index in [1.54, 1.807) is 37.5 Å². The minimum absolute atomic E-state index is 0.104. The quantitative estimate of drug-likeness (QED) is 0.635. The van der Waals surface area contributed by atoms with Crippen LogP contribution in [0, 0.1) is 0 Å². The van der Waals surface area contributed by atoms with Gasteiger partial charge in [0.25, 0.3) is 11.1 Å². The Morgan fingerprint density at radius 2 is 1.77 bits per heavy atom. The Kier molecular flexibility index (Phi) is 7.50. The monoisotopic (exact) mass is 438 g/mol. The van der Waals surface area contributed by atoms with Crippen molar-refractivity contribution in [1.29, 1.82) is 0 Å². The first-order valence-electron chi connectivity index (χ1n) is 9.50. The molecule has 1 saturated heterocycles. The van der Waals surface area contributed by atoms with Gasteiger partial charge < -0.3 is 14.8 Å². The van der Waals surface area contributed by atoms with Crippen LogP contribution in [-0.2, 0) is 9.59 Å². The molecule has 0 bridgehead atoms. The number of hydrogen-bond donors (Lipinski definition) is 1. The van der Waals surface area contributed by atoms with E-state index in [4.69, 9.17) is 9.47 Å². The van der Waals surface area contributed by atoms with E-state index in [0.29, 0.717) is 16.4 Å². The van der Waals surface area contributed by atoms with Gasteiger partial charge in [-0.25, -0.2) is 0 Å². The summed E-state index contributed by atoms with van der Waals surface area (Å²) in [7, 11) is 3.09. The number of ether oxygens (including phenoxy) is 2. The SMILES string of the molecule is COc1ccc(/C=C/C(=O)NCCN2C(=O)S/C(=C/c3ccccc3)C2=O)cc1OC. The molecule has 0 aliphatic carbocycles. The van der Waals surface area contributed by atoms with Crippen molar-refractivity contribution in [2.45, 2.75) is 0 Å². The van der Waals surface area contributed by atoms with Crippen LogP contribution in [0.2, 0.25) is 0 Å². The van der Waals surface area contributed by atoms with Crippen LogP contribution in [0.3, 0.4) is 0 Å². The third-order valence-electron chi connectivity index (χ3n) is 4.44. The number of hydrogen-bond acceptors (Lipinski definition) is 6. The summed E-state index contributed by atoms with van der Waals surface area (Å²) in [5.74, 6) is 0.478. The van der Waals surface area contributed by atoms with Crippen molar-refractivity contribution < 1.29 is 23.9 Å². The first kappa shape index (κ1) is 22.2. The van der Waals surface area contributed by atoms with Crippen molar-refractivity contribution in [2.24, 2.45) is 0 Å². The van der Waals surface area contributed by atoms with Gasteiger partial charge in [-0.1, -0.05) is 36.4 Å². The molecule has 3 amide bonds. The number of amides is 3. The third-order valence-corrected chi connectivity index (χ3v) is 5.35. The highest BCUT2D eigenvalue weighted by Gasteiger charge is 2.34. The molecule has 1 fully saturated rings. The van der Waals surface area contributed by atoms with E-state index in [1.807, 2.05) is 30.3 Å². The fraction of sp³-hybridized carbons (Fsp3) is 0.174. The summed E-state index contributed by atoms with van der Waals surface area (Å²) in [4.78, 5) is 38.2. The minimum atomic E-state index is -0.353. The van der Waals surface area contributed by atoms with Gasteiger partial charge in [-0.05, 0) is 47.2 Å². The number of nitrogens with one attached hydrogen (secondary N) is 1. The second-order valence-corrected chi connectivity index (χ2v) is 7.48. The van der Waals surface area contributed by atoms with Crippen LogP contribution in [0.5, 0.6) is 11.5 Å². The van der Waals surface area contributed by atoms with Crippen LogP contribution >= 0.6 is 11.8 Å². The Labute approximate surface area is 184 Å². The minimum Gasteiger partial charge on any atom is -0.493 e. The van der Waals surface area contributed by atoms with E-state index >= 15 is 0 Å². The van der Waals surface area contributed by atoms with Crippen LogP contribution in [0.4, 0.5) is 4.79 Å². The summed E-state index contributed by atoms with van der Waals surface area (Å²) < 4.78 is 10.4. The van der Waals surface area contributed by atoms with Gasteiger partial charge >= 0.3 is 0 Å².